The molecule has 0 spiro atoms. The molecular weight excluding hydrogens is 350 g/mol. The molecule has 0 atom stereocenters. The van der Waals surface area contributed by atoms with E-state index in [4.69, 9.17) is 11.6 Å². The Balaban J connectivity index is 1.82. The van der Waals surface area contributed by atoms with Crippen molar-refractivity contribution in [3.63, 3.8) is 0 Å². The molecule has 0 saturated carbocycles. The topological polar surface area (TPSA) is 70.6 Å². The molecule has 0 heterocycles. The third-order valence-electron chi connectivity index (χ3n) is 3.94. The third-order valence-corrected chi connectivity index (χ3v) is 4.35. The number of nitrogens with zero attached hydrogens (tertiary/aromatic N) is 1. The van der Waals surface area contributed by atoms with Crippen LogP contribution in [0.4, 0.5) is 5.69 Å². The van der Waals surface area contributed by atoms with Gasteiger partial charge in [0.2, 0.25) is 11.8 Å². The molecule has 2 amide bonds. The number of carbonyl (C=O) groups is 2. The minimum absolute atomic E-state index is 0.0517. The Bertz CT molecular complexity index is 829. The Morgan fingerprint density at radius 2 is 1.65 bits per heavy atom. The standard InChI is InChI=1S/C20H22ClN3O2/c1-13-7-9-16(10-8-13)15(3)23-24-20(26)12-11-19(25)22-18-6-4-5-17(21)14(18)2/h4-10H,11-12H2,1-3H3,(H,22,25)(H,24,26). The number of anilines is 1. The number of carbonyl (C=O) groups excluding carboxylic acids is 2. The van der Waals surface area contributed by atoms with E-state index < -0.39 is 0 Å². The van der Waals surface area contributed by atoms with Crippen molar-refractivity contribution >= 4 is 34.8 Å². The highest BCUT2D eigenvalue weighted by Crippen LogP contribution is 2.23. The van der Waals surface area contributed by atoms with Gasteiger partial charge in [-0.05, 0) is 44.0 Å². The SMILES string of the molecule is CC(=NNC(=O)CCC(=O)Nc1cccc(Cl)c1C)c1ccc(C)cc1. The average molecular weight is 372 g/mol. The van der Waals surface area contributed by atoms with Gasteiger partial charge in [0.25, 0.3) is 0 Å². The summed E-state index contributed by atoms with van der Waals surface area (Å²) in [5, 5.41) is 7.43. The van der Waals surface area contributed by atoms with Crippen LogP contribution in [-0.4, -0.2) is 17.5 Å². The predicted molar refractivity (Wildman–Crippen MR) is 106 cm³/mol. The molecule has 0 saturated heterocycles. The van der Waals surface area contributed by atoms with Crippen molar-refractivity contribution in [2.75, 3.05) is 5.32 Å². The van der Waals surface area contributed by atoms with Gasteiger partial charge in [-0.3, -0.25) is 9.59 Å². The zero-order chi connectivity index (χ0) is 19.1. The number of hydrogen-bond donors (Lipinski definition) is 2. The Morgan fingerprint density at radius 1 is 1.00 bits per heavy atom. The number of hydrazone groups is 1. The van der Waals surface area contributed by atoms with Gasteiger partial charge in [0, 0.05) is 23.6 Å². The maximum atomic E-state index is 12.0. The molecule has 0 radical (unpaired) electrons. The molecule has 0 aliphatic carbocycles. The first-order valence-corrected chi connectivity index (χ1v) is 8.69. The van der Waals surface area contributed by atoms with Crippen LogP contribution in [0.2, 0.25) is 5.02 Å². The summed E-state index contributed by atoms with van der Waals surface area (Å²) in [4.78, 5) is 23.9. The van der Waals surface area contributed by atoms with Gasteiger partial charge in [-0.25, -0.2) is 5.43 Å². The summed E-state index contributed by atoms with van der Waals surface area (Å²) in [5.74, 6) is -0.556. The summed E-state index contributed by atoms with van der Waals surface area (Å²) in [5.41, 5.74) is 6.73. The minimum Gasteiger partial charge on any atom is -0.326 e. The van der Waals surface area contributed by atoms with Gasteiger partial charge in [-0.1, -0.05) is 47.5 Å². The summed E-state index contributed by atoms with van der Waals surface area (Å²) in [6.07, 6.45) is 0.118. The fourth-order valence-corrected chi connectivity index (χ4v) is 2.42. The molecule has 2 N–H and O–H groups in total. The lowest BCUT2D eigenvalue weighted by atomic mass is 10.1. The van der Waals surface area contributed by atoms with E-state index in [1.54, 1.807) is 18.2 Å². The summed E-state index contributed by atoms with van der Waals surface area (Å²) in [6, 6.07) is 13.2. The lowest BCUT2D eigenvalue weighted by Gasteiger charge is -2.09. The molecule has 136 valence electrons. The predicted octanol–water partition coefficient (Wildman–Crippen LogP) is 4.22. The second-order valence-electron chi connectivity index (χ2n) is 6.06. The zero-order valence-electron chi connectivity index (χ0n) is 15.1. The number of nitrogens with one attached hydrogen (secondary N) is 2. The Labute approximate surface area is 158 Å². The quantitative estimate of drug-likeness (QED) is 0.589. The van der Waals surface area contributed by atoms with E-state index in [9.17, 15) is 9.59 Å². The van der Waals surface area contributed by atoms with Gasteiger partial charge >= 0.3 is 0 Å². The van der Waals surface area contributed by atoms with Gasteiger partial charge in [-0.15, -0.1) is 0 Å². The highest BCUT2D eigenvalue weighted by atomic mass is 35.5. The van der Waals surface area contributed by atoms with Gasteiger partial charge in [0.1, 0.15) is 0 Å². The normalized spacial score (nSPS) is 11.2. The number of halogens is 1. The van der Waals surface area contributed by atoms with E-state index in [0.717, 1.165) is 16.7 Å². The molecule has 0 aliphatic heterocycles. The molecule has 6 heteroatoms. The van der Waals surface area contributed by atoms with Crippen LogP contribution in [0.3, 0.4) is 0 Å². The summed E-state index contributed by atoms with van der Waals surface area (Å²) < 4.78 is 0. The van der Waals surface area contributed by atoms with Crippen LogP contribution in [0, 0.1) is 13.8 Å². The van der Waals surface area contributed by atoms with Gasteiger partial charge in [0.05, 0.1) is 5.71 Å². The number of benzene rings is 2. The Morgan fingerprint density at radius 3 is 2.35 bits per heavy atom. The molecule has 0 aromatic heterocycles. The van der Waals surface area contributed by atoms with Gasteiger partial charge in [-0.2, -0.15) is 5.10 Å². The lowest BCUT2D eigenvalue weighted by molar-refractivity contribution is -0.124. The van der Waals surface area contributed by atoms with Gasteiger partial charge in [0.15, 0.2) is 0 Å². The molecule has 0 aliphatic rings. The largest absolute Gasteiger partial charge is 0.326 e. The molecule has 26 heavy (non-hydrogen) atoms. The summed E-state index contributed by atoms with van der Waals surface area (Å²) in [7, 11) is 0. The van der Waals surface area contributed by atoms with Crippen LogP contribution in [0.15, 0.2) is 47.6 Å². The van der Waals surface area contributed by atoms with E-state index in [1.807, 2.05) is 45.0 Å². The van der Waals surface area contributed by atoms with Crippen LogP contribution in [0.25, 0.3) is 0 Å². The van der Waals surface area contributed by atoms with Crippen molar-refractivity contribution in [3.8, 4) is 0 Å². The summed E-state index contributed by atoms with van der Waals surface area (Å²) >= 11 is 6.02. The second-order valence-corrected chi connectivity index (χ2v) is 6.47. The van der Waals surface area contributed by atoms with Crippen molar-refractivity contribution in [1.82, 2.24) is 5.43 Å². The monoisotopic (exact) mass is 371 g/mol. The van der Waals surface area contributed by atoms with E-state index in [-0.39, 0.29) is 24.7 Å². The molecule has 0 unspecified atom stereocenters. The number of hydrogen-bond acceptors (Lipinski definition) is 3. The van der Waals surface area contributed by atoms with Gasteiger partial charge < -0.3 is 5.32 Å². The summed E-state index contributed by atoms with van der Waals surface area (Å²) in [6.45, 7) is 5.65. The second kappa shape index (κ2) is 9.15. The van der Waals surface area contributed by atoms with Crippen molar-refractivity contribution in [2.24, 2.45) is 5.10 Å². The molecule has 0 bridgehead atoms. The fourth-order valence-electron chi connectivity index (χ4n) is 2.24. The van der Waals surface area contributed by atoms with E-state index in [1.165, 1.54) is 0 Å². The van der Waals surface area contributed by atoms with E-state index >= 15 is 0 Å². The Kier molecular flexibility index (Phi) is 6.92. The lowest BCUT2D eigenvalue weighted by Crippen LogP contribution is -2.22. The maximum Gasteiger partial charge on any atom is 0.240 e. The molecule has 2 rings (SSSR count). The first kappa shape index (κ1) is 19.7. The maximum absolute atomic E-state index is 12.0. The van der Waals surface area contributed by atoms with Crippen molar-refractivity contribution < 1.29 is 9.59 Å². The number of rotatable bonds is 6. The molecular formula is C20H22ClN3O2. The number of aryl methyl sites for hydroxylation is 1. The number of amides is 2. The highest BCUT2D eigenvalue weighted by molar-refractivity contribution is 6.31. The molecule has 0 fully saturated rings. The average Bonchev–Trinajstić information content (AvgIpc) is 2.62. The van der Waals surface area contributed by atoms with Crippen LogP contribution in [0.5, 0.6) is 0 Å². The van der Waals surface area contributed by atoms with Crippen LogP contribution in [-0.2, 0) is 9.59 Å². The van der Waals surface area contributed by atoms with Crippen LogP contribution in [0.1, 0.15) is 36.5 Å². The minimum atomic E-state index is -0.311. The van der Waals surface area contributed by atoms with E-state index in [0.29, 0.717) is 16.4 Å². The highest BCUT2D eigenvalue weighted by Gasteiger charge is 2.09. The third kappa shape index (κ3) is 5.70. The smallest absolute Gasteiger partial charge is 0.240 e. The molecule has 2 aromatic rings. The van der Waals surface area contributed by atoms with Crippen molar-refractivity contribution in [3.05, 3.63) is 64.2 Å². The first-order chi connectivity index (χ1) is 12.4. The van der Waals surface area contributed by atoms with Crippen LogP contribution >= 0.6 is 11.6 Å². The van der Waals surface area contributed by atoms with Crippen molar-refractivity contribution in [2.45, 2.75) is 33.6 Å². The fraction of sp³-hybridized carbons (Fsp3) is 0.250. The molecule has 5 nitrogen and oxygen atoms in total. The van der Waals surface area contributed by atoms with E-state index in [2.05, 4.69) is 15.8 Å². The van der Waals surface area contributed by atoms with Crippen LogP contribution < -0.4 is 10.7 Å². The Hall–Kier alpha value is -2.66. The molecule has 2 aromatic carbocycles. The van der Waals surface area contributed by atoms with Crippen molar-refractivity contribution in [1.29, 1.82) is 0 Å². The zero-order valence-corrected chi connectivity index (χ0v) is 15.9. The first-order valence-electron chi connectivity index (χ1n) is 8.32.